The number of nitrogens with zero attached hydrogens (tertiary/aromatic N) is 5. The zero-order valence-corrected chi connectivity index (χ0v) is 27.5. The molecule has 0 unspecified atom stereocenters. The molecule has 4 heterocycles. The molecule has 0 aliphatic carbocycles. The van der Waals surface area contributed by atoms with Crippen LogP contribution in [0.15, 0.2) is 47.6 Å². The lowest BCUT2D eigenvalue weighted by atomic mass is 9.70. The number of aryl methyl sites for hydroxylation is 3. The zero-order valence-electron chi connectivity index (χ0n) is 26.7. The lowest BCUT2D eigenvalue weighted by Gasteiger charge is -2.33. The topological polar surface area (TPSA) is 139 Å². The van der Waals surface area contributed by atoms with Gasteiger partial charge in [-0.05, 0) is 93.1 Å². The Labute approximate surface area is 270 Å². The molecule has 15 heteroatoms. The van der Waals surface area contributed by atoms with Crippen LogP contribution in [-0.2, 0) is 27.5 Å². The Morgan fingerprint density at radius 2 is 1.85 bits per heavy atom. The summed E-state index contributed by atoms with van der Waals surface area (Å²) in [5, 5.41) is 20.7. The van der Waals surface area contributed by atoms with Crippen molar-refractivity contribution < 1.29 is 36.2 Å². The lowest BCUT2D eigenvalue weighted by molar-refractivity contribution is -0.147. The summed E-state index contributed by atoms with van der Waals surface area (Å²) in [5.41, 5.74) is 1.96. The van der Waals surface area contributed by atoms with Crippen LogP contribution in [0.2, 0.25) is 0 Å². The van der Waals surface area contributed by atoms with Crippen molar-refractivity contribution in [2.45, 2.75) is 64.6 Å². The number of fused-ring (bicyclic) bond motifs is 2. The van der Waals surface area contributed by atoms with Crippen LogP contribution < -0.4 is 10.1 Å². The van der Waals surface area contributed by atoms with Crippen LogP contribution in [-0.4, -0.2) is 69.6 Å². The van der Waals surface area contributed by atoms with E-state index >= 15 is 0 Å². The maximum Gasteiger partial charge on any atom is 0.452 e. The number of carboxylic acid groups (broad SMARTS) is 1. The van der Waals surface area contributed by atoms with E-state index in [9.17, 15) is 31.5 Å². The molecule has 2 N–H and O–H groups in total. The van der Waals surface area contributed by atoms with Crippen molar-refractivity contribution in [3.8, 4) is 5.88 Å². The first-order chi connectivity index (χ1) is 22.0. The number of nitrogens with one attached hydrogen (secondary N) is 1. The largest absolute Gasteiger partial charge is 0.481 e. The van der Waals surface area contributed by atoms with Crippen LogP contribution in [0.3, 0.4) is 0 Å². The second kappa shape index (κ2) is 12.8. The van der Waals surface area contributed by atoms with E-state index in [1.54, 1.807) is 52.1 Å². The number of hydrogen-bond donors (Lipinski definition) is 2. The summed E-state index contributed by atoms with van der Waals surface area (Å²) in [5.74, 6) is -3.13. The van der Waals surface area contributed by atoms with Crippen LogP contribution in [0.1, 0.15) is 65.4 Å². The first-order valence-electron chi connectivity index (χ1n) is 15.1. The number of sulfonamides is 1. The fraction of sp³-hybridized carbons (Fsp3) is 0.438. The minimum atomic E-state index is -4.74. The highest BCUT2D eigenvalue weighted by atomic mass is 32.2. The smallest absolute Gasteiger partial charge is 0.452 e. The molecule has 0 saturated heterocycles. The zero-order chi connectivity index (χ0) is 34.3. The van der Waals surface area contributed by atoms with E-state index in [4.69, 9.17) is 4.74 Å². The van der Waals surface area contributed by atoms with Crippen LogP contribution in [0.5, 0.6) is 5.88 Å². The Balaban J connectivity index is 1.62. The minimum Gasteiger partial charge on any atom is -0.481 e. The standard InChI is InChI=1S/C32H37F3N6O5S/c1-19-15-25-28(37-17-19)46-14-11-36-10-6-12-40(47(25,44)45)18-23-16-22(8-7-20(23)2)26(31(4,5)30(42)43)24-9-13-41-27(21(24)3)38-39-29(41)32(33,34)35/h7-9,13,15-17,26,36H,6,10-12,14,18H2,1-5H3,(H,42,43)/t26-/m1/s1. The van der Waals surface area contributed by atoms with Crippen molar-refractivity contribution in [2.24, 2.45) is 5.41 Å². The molecule has 4 aromatic rings. The summed E-state index contributed by atoms with van der Waals surface area (Å²) in [4.78, 5) is 16.9. The van der Waals surface area contributed by atoms with Gasteiger partial charge < -0.3 is 15.2 Å². The molecule has 0 saturated carbocycles. The molecule has 1 aromatic carbocycles. The van der Waals surface area contributed by atoms with E-state index in [2.05, 4.69) is 20.5 Å². The molecule has 11 nitrogen and oxygen atoms in total. The van der Waals surface area contributed by atoms with Gasteiger partial charge in [-0.1, -0.05) is 18.2 Å². The number of hydrogen-bond acceptors (Lipinski definition) is 8. The number of carboxylic acids is 1. The predicted molar refractivity (Wildman–Crippen MR) is 167 cm³/mol. The number of aromatic nitrogens is 4. The van der Waals surface area contributed by atoms with Crippen molar-refractivity contribution in [1.29, 1.82) is 0 Å². The van der Waals surface area contributed by atoms with E-state index in [0.29, 0.717) is 47.3 Å². The van der Waals surface area contributed by atoms with Crippen molar-refractivity contribution in [3.05, 3.63) is 81.9 Å². The molecule has 0 spiro atoms. The van der Waals surface area contributed by atoms with Crippen LogP contribution in [0, 0.1) is 26.2 Å². The van der Waals surface area contributed by atoms with Gasteiger partial charge in [-0.15, -0.1) is 10.2 Å². The average molecular weight is 675 g/mol. The third-order valence-corrected chi connectivity index (χ3v) is 10.4. The second-order valence-corrected chi connectivity index (χ2v) is 14.3. The number of alkyl halides is 3. The summed E-state index contributed by atoms with van der Waals surface area (Å²) in [7, 11) is -4.09. The van der Waals surface area contributed by atoms with Crippen LogP contribution in [0.25, 0.3) is 5.65 Å². The molecule has 47 heavy (non-hydrogen) atoms. The second-order valence-electron chi connectivity index (χ2n) is 12.4. The third kappa shape index (κ3) is 6.69. The number of benzene rings is 1. The first-order valence-corrected chi connectivity index (χ1v) is 16.5. The molecular formula is C32H37F3N6O5S. The SMILES string of the molecule is Cc1cnc2c(c1)S(=O)(=O)N(Cc1cc([C@H](c3ccn4c(C(F)(F)F)nnc4c3C)C(C)(C)C(=O)O)ccc1C)CCCNCCO2. The highest BCUT2D eigenvalue weighted by Gasteiger charge is 2.42. The van der Waals surface area contributed by atoms with Gasteiger partial charge >= 0.3 is 12.1 Å². The molecule has 0 fully saturated rings. The van der Waals surface area contributed by atoms with Gasteiger partial charge in [0.05, 0.1) is 5.41 Å². The van der Waals surface area contributed by atoms with Crippen molar-refractivity contribution in [2.75, 3.05) is 26.2 Å². The molecule has 0 radical (unpaired) electrons. The fourth-order valence-electron chi connectivity index (χ4n) is 5.91. The Kier molecular flexibility index (Phi) is 9.36. The van der Waals surface area contributed by atoms with E-state index in [-0.39, 0.29) is 36.1 Å². The fourth-order valence-corrected chi connectivity index (χ4v) is 7.54. The molecule has 0 bridgehead atoms. The number of carbonyl (C=O) groups is 1. The maximum atomic E-state index is 14.2. The van der Waals surface area contributed by atoms with Gasteiger partial charge in [0.1, 0.15) is 11.5 Å². The first kappa shape index (κ1) is 34.3. The van der Waals surface area contributed by atoms with Crippen LogP contribution in [0.4, 0.5) is 13.2 Å². The number of pyridine rings is 2. The summed E-state index contributed by atoms with van der Waals surface area (Å²) in [6.45, 7) is 9.78. The van der Waals surface area contributed by atoms with Gasteiger partial charge in [0.15, 0.2) is 5.65 Å². The average Bonchev–Trinajstić information content (AvgIpc) is 3.44. The Bertz CT molecular complexity index is 1930. The minimum absolute atomic E-state index is 0.0195. The highest BCUT2D eigenvalue weighted by molar-refractivity contribution is 7.89. The molecule has 1 aliphatic heterocycles. The van der Waals surface area contributed by atoms with Crippen molar-refractivity contribution in [1.82, 2.24) is 29.2 Å². The monoisotopic (exact) mass is 674 g/mol. The third-order valence-electron chi connectivity index (χ3n) is 8.61. The lowest BCUT2D eigenvalue weighted by Crippen LogP contribution is -2.34. The van der Waals surface area contributed by atoms with Gasteiger partial charge in [0.25, 0.3) is 0 Å². The molecule has 252 valence electrons. The molecular weight excluding hydrogens is 637 g/mol. The Morgan fingerprint density at radius 1 is 1.11 bits per heavy atom. The van der Waals surface area contributed by atoms with E-state index in [1.807, 2.05) is 6.92 Å². The summed E-state index contributed by atoms with van der Waals surface area (Å²) < 4.78 is 77.0. The molecule has 1 atom stereocenters. The number of aliphatic carboxylic acids is 1. The van der Waals surface area contributed by atoms with Gasteiger partial charge in [-0.2, -0.15) is 17.5 Å². The summed E-state index contributed by atoms with van der Waals surface area (Å²) in [6.07, 6.45) is -1.46. The Hall–Kier alpha value is -4.08. The maximum absolute atomic E-state index is 14.2. The quantitative estimate of drug-likeness (QED) is 0.293. The van der Waals surface area contributed by atoms with Crippen molar-refractivity contribution >= 4 is 21.6 Å². The number of rotatable bonds is 6. The van der Waals surface area contributed by atoms with E-state index in [1.165, 1.54) is 22.6 Å². The molecule has 5 rings (SSSR count). The summed E-state index contributed by atoms with van der Waals surface area (Å²) in [6, 6.07) is 8.35. The molecule has 3 aromatic heterocycles. The Morgan fingerprint density at radius 3 is 2.55 bits per heavy atom. The van der Waals surface area contributed by atoms with Gasteiger partial charge in [-0.25, -0.2) is 13.4 Å². The van der Waals surface area contributed by atoms with E-state index in [0.717, 1.165) is 9.96 Å². The van der Waals surface area contributed by atoms with Crippen molar-refractivity contribution in [3.63, 3.8) is 0 Å². The number of halogens is 3. The van der Waals surface area contributed by atoms with E-state index < -0.39 is 39.3 Å². The van der Waals surface area contributed by atoms with Gasteiger partial charge in [-0.3, -0.25) is 9.20 Å². The van der Waals surface area contributed by atoms with Gasteiger partial charge in [0, 0.05) is 37.9 Å². The predicted octanol–water partition coefficient (Wildman–Crippen LogP) is 4.87. The highest BCUT2D eigenvalue weighted by Crippen LogP contribution is 2.44. The summed E-state index contributed by atoms with van der Waals surface area (Å²) >= 11 is 0. The van der Waals surface area contributed by atoms with Crippen LogP contribution >= 0.6 is 0 Å². The van der Waals surface area contributed by atoms with Gasteiger partial charge in [0.2, 0.25) is 21.7 Å². The molecule has 0 amide bonds. The normalized spacial score (nSPS) is 17.0. The number of ether oxygens (including phenoxy) is 1. The molecule has 1 aliphatic rings.